The van der Waals surface area contributed by atoms with Gasteiger partial charge in [-0.2, -0.15) is 0 Å². The summed E-state index contributed by atoms with van der Waals surface area (Å²) in [6.07, 6.45) is 0. The van der Waals surface area contributed by atoms with Crippen molar-refractivity contribution in [3.63, 3.8) is 0 Å². The number of rotatable bonds is 5. The van der Waals surface area contributed by atoms with E-state index in [0.29, 0.717) is 0 Å². The lowest BCUT2D eigenvalue weighted by atomic mass is 9.99. The molecule has 49 heavy (non-hydrogen) atoms. The van der Waals surface area contributed by atoms with E-state index in [9.17, 15) is 0 Å². The van der Waals surface area contributed by atoms with Crippen molar-refractivity contribution < 1.29 is 0 Å². The third-order valence-corrected chi connectivity index (χ3v) is 11.0. The molecule has 0 saturated carbocycles. The molecule has 10 rings (SSSR count). The van der Waals surface area contributed by atoms with Crippen LogP contribution >= 0.6 is 11.3 Å². The number of para-hydroxylation sites is 2. The molecule has 0 unspecified atom stereocenters. The molecule has 0 spiro atoms. The molecule has 3 heteroatoms. The molecule has 0 amide bonds. The van der Waals surface area contributed by atoms with E-state index < -0.39 is 0 Å². The summed E-state index contributed by atoms with van der Waals surface area (Å²) in [6, 6.07) is 66.2. The molecule has 2 heterocycles. The van der Waals surface area contributed by atoms with Gasteiger partial charge in [0.1, 0.15) is 0 Å². The Morgan fingerprint density at radius 1 is 0.449 bits per heavy atom. The van der Waals surface area contributed by atoms with E-state index in [2.05, 4.69) is 191 Å². The smallest absolute Gasteiger partial charge is 0.0555 e. The first-order valence-corrected chi connectivity index (χ1v) is 17.5. The topological polar surface area (TPSA) is 8.17 Å². The number of anilines is 3. The average molecular weight is 643 g/mol. The van der Waals surface area contributed by atoms with Crippen molar-refractivity contribution in [1.29, 1.82) is 0 Å². The molecule has 0 fully saturated rings. The van der Waals surface area contributed by atoms with Gasteiger partial charge in [0.25, 0.3) is 0 Å². The molecule has 2 aromatic heterocycles. The summed E-state index contributed by atoms with van der Waals surface area (Å²) in [7, 11) is 0. The number of aromatic nitrogens is 1. The lowest BCUT2D eigenvalue weighted by molar-refractivity contribution is 1.17. The standard InChI is InChI=1S/C46H30N2S/c1-2-14-32(15-3-1)36-28-29-43(45-39-23-8-11-27-44(39)49-46(36)45)48(40-26-12-17-31-16-4-5-20-35(31)40)34-19-13-18-33(30-34)47-41-24-9-6-21-37(41)38-22-7-10-25-42(38)47/h1-30H. The number of benzene rings is 8. The maximum absolute atomic E-state index is 2.48. The fourth-order valence-electron chi connectivity index (χ4n) is 7.63. The fourth-order valence-corrected chi connectivity index (χ4v) is 8.88. The van der Waals surface area contributed by atoms with Crippen LogP contribution in [0.15, 0.2) is 182 Å². The van der Waals surface area contributed by atoms with Crippen molar-refractivity contribution in [2.75, 3.05) is 4.90 Å². The maximum atomic E-state index is 2.48. The quantitative estimate of drug-likeness (QED) is 0.181. The Labute approximate surface area is 288 Å². The van der Waals surface area contributed by atoms with Crippen LogP contribution in [0.5, 0.6) is 0 Å². The molecule has 230 valence electrons. The Morgan fingerprint density at radius 3 is 1.88 bits per heavy atom. The first-order valence-electron chi connectivity index (χ1n) is 16.7. The lowest BCUT2D eigenvalue weighted by Crippen LogP contribution is -2.11. The summed E-state index contributed by atoms with van der Waals surface area (Å²) in [6.45, 7) is 0. The van der Waals surface area contributed by atoms with Crippen LogP contribution < -0.4 is 4.90 Å². The third kappa shape index (κ3) is 4.40. The maximum Gasteiger partial charge on any atom is 0.0555 e. The van der Waals surface area contributed by atoms with Crippen LogP contribution in [0, 0.1) is 0 Å². The molecule has 8 aromatic carbocycles. The molecular weight excluding hydrogens is 613 g/mol. The summed E-state index contributed by atoms with van der Waals surface area (Å²) in [5, 5.41) is 7.51. The van der Waals surface area contributed by atoms with E-state index in [1.807, 2.05) is 11.3 Å². The number of fused-ring (bicyclic) bond motifs is 7. The number of nitrogens with zero attached hydrogens (tertiary/aromatic N) is 2. The number of hydrogen-bond acceptors (Lipinski definition) is 2. The minimum absolute atomic E-state index is 1.11. The van der Waals surface area contributed by atoms with Crippen molar-refractivity contribution in [2.45, 2.75) is 0 Å². The van der Waals surface area contributed by atoms with Crippen LogP contribution in [0.3, 0.4) is 0 Å². The average Bonchev–Trinajstić information content (AvgIpc) is 3.72. The molecule has 10 aromatic rings. The Kier molecular flexibility index (Phi) is 6.39. The van der Waals surface area contributed by atoms with Gasteiger partial charge in [-0.1, -0.05) is 133 Å². The number of hydrogen-bond donors (Lipinski definition) is 0. The van der Waals surface area contributed by atoms with Gasteiger partial charge in [-0.25, -0.2) is 0 Å². The van der Waals surface area contributed by atoms with Crippen LogP contribution in [-0.4, -0.2) is 4.57 Å². The van der Waals surface area contributed by atoms with E-state index in [-0.39, 0.29) is 0 Å². The highest BCUT2D eigenvalue weighted by molar-refractivity contribution is 7.26. The van der Waals surface area contributed by atoms with Gasteiger partial charge < -0.3 is 9.47 Å². The van der Waals surface area contributed by atoms with Gasteiger partial charge in [0, 0.05) is 47.7 Å². The van der Waals surface area contributed by atoms with Crippen molar-refractivity contribution in [3.8, 4) is 16.8 Å². The molecule has 0 bridgehead atoms. The highest BCUT2D eigenvalue weighted by atomic mass is 32.1. The monoisotopic (exact) mass is 642 g/mol. The molecule has 0 radical (unpaired) electrons. The molecule has 2 nitrogen and oxygen atoms in total. The SMILES string of the molecule is c1ccc(-c2ccc(N(c3cccc(-n4c5ccccc5c5ccccc54)c3)c3cccc4ccccc34)c3c2sc2ccccc23)cc1. The fraction of sp³-hybridized carbons (Fsp3) is 0. The van der Waals surface area contributed by atoms with E-state index in [1.54, 1.807) is 0 Å². The summed E-state index contributed by atoms with van der Waals surface area (Å²) in [4.78, 5) is 2.48. The zero-order chi connectivity index (χ0) is 32.3. The third-order valence-electron chi connectivity index (χ3n) is 9.76. The van der Waals surface area contributed by atoms with E-state index in [4.69, 9.17) is 0 Å². The second-order valence-corrected chi connectivity index (χ2v) is 13.6. The summed E-state index contributed by atoms with van der Waals surface area (Å²) in [5.74, 6) is 0. The molecule has 0 aliphatic rings. The summed E-state index contributed by atoms with van der Waals surface area (Å²) in [5.41, 5.74) is 9.47. The molecular formula is C46H30N2S. The first-order chi connectivity index (χ1) is 24.3. The highest BCUT2D eigenvalue weighted by Crippen LogP contribution is 2.49. The normalized spacial score (nSPS) is 11.7. The van der Waals surface area contributed by atoms with Crippen molar-refractivity contribution in [1.82, 2.24) is 4.57 Å². The van der Waals surface area contributed by atoms with Gasteiger partial charge >= 0.3 is 0 Å². The van der Waals surface area contributed by atoms with Crippen molar-refractivity contribution in [3.05, 3.63) is 182 Å². The summed E-state index contributed by atoms with van der Waals surface area (Å²) < 4.78 is 5.00. The Balaban J connectivity index is 1.29. The Hall–Kier alpha value is -6.16. The summed E-state index contributed by atoms with van der Waals surface area (Å²) >= 11 is 1.88. The molecule has 0 atom stereocenters. The van der Waals surface area contributed by atoms with Gasteiger partial charge in [0.15, 0.2) is 0 Å². The zero-order valence-corrected chi connectivity index (χ0v) is 27.4. The number of thiophene rings is 1. The minimum atomic E-state index is 1.11. The van der Waals surface area contributed by atoms with Crippen molar-refractivity contribution in [2.24, 2.45) is 0 Å². The van der Waals surface area contributed by atoms with Crippen LogP contribution in [0.25, 0.3) is 69.6 Å². The van der Waals surface area contributed by atoms with Gasteiger partial charge in [0.05, 0.1) is 22.4 Å². The van der Waals surface area contributed by atoms with Gasteiger partial charge in [-0.3, -0.25) is 0 Å². The Bertz CT molecular complexity index is 2780. The van der Waals surface area contributed by atoms with Crippen LogP contribution in [0.4, 0.5) is 17.1 Å². The van der Waals surface area contributed by atoms with Crippen LogP contribution in [0.1, 0.15) is 0 Å². The Morgan fingerprint density at radius 2 is 1.08 bits per heavy atom. The minimum Gasteiger partial charge on any atom is -0.309 e. The molecule has 0 saturated heterocycles. The van der Waals surface area contributed by atoms with Crippen molar-refractivity contribution >= 4 is 81.1 Å². The van der Waals surface area contributed by atoms with E-state index in [0.717, 1.165) is 17.1 Å². The van der Waals surface area contributed by atoms with Crippen LogP contribution in [-0.2, 0) is 0 Å². The molecule has 0 N–H and O–H groups in total. The second-order valence-electron chi connectivity index (χ2n) is 12.5. The second kappa shape index (κ2) is 11.2. The van der Waals surface area contributed by atoms with E-state index in [1.165, 1.54) is 69.6 Å². The predicted octanol–water partition coefficient (Wildman–Crippen LogP) is 13.4. The van der Waals surface area contributed by atoms with E-state index >= 15 is 0 Å². The predicted molar refractivity (Wildman–Crippen MR) is 211 cm³/mol. The van der Waals surface area contributed by atoms with Crippen LogP contribution in [0.2, 0.25) is 0 Å². The largest absolute Gasteiger partial charge is 0.309 e. The lowest BCUT2D eigenvalue weighted by Gasteiger charge is -2.29. The first kappa shape index (κ1) is 27.9. The zero-order valence-electron chi connectivity index (χ0n) is 26.6. The molecule has 0 aliphatic carbocycles. The van der Waals surface area contributed by atoms with Gasteiger partial charge in [0.2, 0.25) is 0 Å². The van der Waals surface area contributed by atoms with Gasteiger partial charge in [-0.15, -0.1) is 11.3 Å². The molecule has 0 aliphatic heterocycles. The van der Waals surface area contributed by atoms with Gasteiger partial charge in [-0.05, 0) is 65.0 Å². The highest BCUT2D eigenvalue weighted by Gasteiger charge is 2.23.